The zero-order chi connectivity index (χ0) is 25.3. The number of hydrogen-bond acceptors (Lipinski definition) is 3. The van der Waals surface area contributed by atoms with Gasteiger partial charge in [-0.2, -0.15) is 0 Å². The predicted molar refractivity (Wildman–Crippen MR) is 135 cm³/mol. The van der Waals surface area contributed by atoms with Crippen LogP contribution in [0.3, 0.4) is 0 Å². The van der Waals surface area contributed by atoms with E-state index in [9.17, 15) is 9.18 Å². The van der Waals surface area contributed by atoms with E-state index < -0.39 is 5.97 Å². The van der Waals surface area contributed by atoms with Crippen molar-refractivity contribution in [3.63, 3.8) is 0 Å². The van der Waals surface area contributed by atoms with Crippen LogP contribution in [0.2, 0.25) is 0 Å². The van der Waals surface area contributed by atoms with E-state index in [2.05, 4.69) is 20.8 Å². The van der Waals surface area contributed by atoms with Gasteiger partial charge in [0.2, 0.25) is 0 Å². The summed E-state index contributed by atoms with van der Waals surface area (Å²) in [6, 6.07) is 18.2. The maximum Gasteiger partial charge on any atom is 0.303 e. The van der Waals surface area contributed by atoms with E-state index in [4.69, 9.17) is 14.6 Å². The Morgan fingerprint density at radius 1 is 0.882 bits per heavy atom. The molecule has 0 bridgehead atoms. The molecule has 0 heterocycles. The summed E-state index contributed by atoms with van der Waals surface area (Å²) in [5.41, 5.74) is 4.06. The van der Waals surface area contributed by atoms with E-state index in [1.165, 1.54) is 6.07 Å². The molecule has 0 radical (unpaired) electrons. The lowest BCUT2D eigenvalue weighted by atomic mass is 9.81. The highest BCUT2D eigenvalue weighted by molar-refractivity contribution is 5.71. The Hall–Kier alpha value is -3.34. The minimum absolute atomic E-state index is 0.101. The molecule has 0 atom stereocenters. The Kier molecular flexibility index (Phi) is 9.67. The Balaban J connectivity index is 0.00000199. The lowest BCUT2D eigenvalue weighted by molar-refractivity contribution is -0.136. The zero-order valence-electron chi connectivity index (χ0n) is 20.9. The molecule has 0 aromatic heterocycles. The number of benzene rings is 3. The maximum absolute atomic E-state index is 14.8. The molecule has 0 saturated carbocycles. The second kappa shape index (κ2) is 12.2. The molecule has 0 aliphatic heterocycles. The van der Waals surface area contributed by atoms with Gasteiger partial charge in [0.05, 0.1) is 7.11 Å². The van der Waals surface area contributed by atoms with Gasteiger partial charge in [0.1, 0.15) is 23.9 Å². The minimum Gasteiger partial charge on any atom is -0.497 e. The van der Waals surface area contributed by atoms with Crippen molar-refractivity contribution in [2.75, 3.05) is 7.11 Å². The summed E-state index contributed by atoms with van der Waals surface area (Å²) in [4.78, 5) is 10.7. The summed E-state index contributed by atoms with van der Waals surface area (Å²) in [5, 5.41) is 8.81. The number of hydrogen-bond donors (Lipinski definition) is 1. The molecule has 3 aromatic carbocycles. The van der Waals surface area contributed by atoms with Gasteiger partial charge in [0.25, 0.3) is 0 Å². The molecule has 0 amide bonds. The summed E-state index contributed by atoms with van der Waals surface area (Å²) >= 11 is 0. The van der Waals surface area contributed by atoms with Crippen LogP contribution in [0.25, 0.3) is 11.1 Å². The molecule has 0 aliphatic carbocycles. The second-order valence-corrected chi connectivity index (χ2v) is 8.80. The Morgan fingerprint density at radius 2 is 1.50 bits per heavy atom. The van der Waals surface area contributed by atoms with Gasteiger partial charge in [-0.15, -0.1) is 0 Å². The summed E-state index contributed by atoms with van der Waals surface area (Å²) in [6.07, 6.45) is 0.587. The normalized spacial score (nSPS) is 10.8. The van der Waals surface area contributed by atoms with E-state index in [1.54, 1.807) is 19.2 Å². The molecular weight excluding hydrogens is 431 g/mol. The first-order valence-electron chi connectivity index (χ1n) is 11.6. The standard InChI is InChI=1S/C27H29FO4.C2H6/c1-27(2,3)24-12-7-19(15-22(24)23-16-21(31-4)11-13-25(23)28)17-32-20-9-5-18(6-10-20)8-14-26(29)30;1-2/h5-7,9-13,15-16H,8,14,17H2,1-4H3,(H,29,30);1-2H3. The molecule has 182 valence electrons. The summed E-state index contributed by atoms with van der Waals surface area (Å²) in [6.45, 7) is 10.6. The van der Waals surface area contributed by atoms with E-state index in [0.29, 0.717) is 30.1 Å². The lowest BCUT2D eigenvalue weighted by Crippen LogP contribution is -2.13. The third kappa shape index (κ3) is 7.34. The molecule has 1 N–H and O–H groups in total. The molecule has 0 fully saturated rings. The predicted octanol–water partition coefficient (Wildman–Crippen LogP) is 7.42. The van der Waals surface area contributed by atoms with Gasteiger partial charge < -0.3 is 14.6 Å². The minimum atomic E-state index is -0.813. The van der Waals surface area contributed by atoms with Crippen molar-refractivity contribution >= 4 is 5.97 Å². The third-order valence-electron chi connectivity index (χ3n) is 5.31. The van der Waals surface area contributed by atoms with Crippen LogP contribution in [0.1, 0.15) is 57.7 Å². The number of carboxylic acids is 1. The van der Waals surface area contributed by atoms with Crippen LogP contribution < -0.4 is 9.47 Å². The number of aryl methyl sites for hydroxylation is 1. The van der Waals surface area contributed by atoms with Crippen LogP contribution in [-0.2, 0) is 23.2 Å². The van der Waals surface area contributed by atoms with Crippen LogP contribution in [0.15, 0.2) is 60.7 Å². The number of ether oxygens (including phenoxy) is 2. The lowest BCUT2D eigenvalue weighted by Gasteiger charge is -2.24. The first-order chi connectivity index (χ1) is 16.2. The van der Waals surface area contributed by atoms with Gasteiger partial charge >= 0.3 is 5.97 Å². The fourth-order valence-corrected chi connectivity index (χ4v) is 3.57. The SMILES string of the molecule is CC.COc1ccc(F)c(-c2cc(COc3ccc(CCC(=O)O)cc3)ccc2C(C)(C)C)c1. The number of methoxy groups -OCH3 is 1. The van der Waals surface area contributed by atoms with E-state index >= 15 is 0 Å². The van der Waals surface area contributed by atoms with Gasteiger partial charge in [0.15, 0.2) is 0 Å². The highest BCUT2D eigenvalue weighted by Gasteiger charge is 2.21. The number of aliphatic carboxylic acids is 1. The van der Waals surface area contributed by atoms with Crippen LogP contribution in [-0.4, -0.2) is 18.2 Å². The van der Waals surface area contributed by atoms with Gasteiger partial charge in [-0.25, -0.2) is 4.39 Å². The molecule has 0 spiro atoms. The fraction of sp³-hybridized carbons (Fsp3) is 0.345. The summed E-state index contributed by atoms with van der Waals surface area (Å²) in [7, 11) is 1.57. The largest absolute Gasteiger partial charge is 0.497 e. The number of rotatable bonds is 8. The first kappa shape index (κ1) is 26.9. The molecule has 3 rings (SSSR count). The van der Waals surface area contributed by atoms with Crippen molar-refractivity contribution in [1.29, 1.82) is 0 Å². The number of halogens is 1. The van der Waals surface area contributed by atoms with Crippen LogP contribution in [0.5, 0.6) is 11.5 Å². The van der Waals surface area contributed by atoms with E-state index in [1.807, 2.05) is 56.3 Å². The fourth-order valence-electron chi connectivity index (χ4n) is 3.57. The van der Waals surface area contributed by atoms with Crippen molar-refractivity contribution in [2.24, 2.45) is 0 Å². The highest BCUT2D eigenvalue weighted by atomic mass is 19.1. The molecule has 3 aromatic rings. The molecule has 34 heavy (non-hydrogen) atoms. The van der Waals surface area contributed by atoms with Crippen LogP contribution in [0, 0.1) is 5.82 Å². The molecule has 5 heteroatoms. The smallest absolute Gasteiger partial charge is 0.303 e. The van der Waals surface area contributed by atoms with Crippen molar-refractivity contribution in [1.82, 2.24) is 0 Å². The van der Waals surface area contributed by atoms with Gasteiger partial charge in [-0.1, -0.05) is 58.9 Å². The first-order valence-corrected chi connectivity index (χ1v) is 11.6. The Labute approximate surface area is 202 Å². The molecule has 0 saturated heterocycles. The highest BCUT2D eigenvalue weighted by Crippen LogP contribution is 2.36. The van der Waals surface area contributed by atoms with Crippen molar-refractivity contribution in [3.05, 3.63) is 83.2 Å². The average molecular weight is 467 g/mol. The van der Waals surface area contributed by atoms with Gasteiger partial charge in [-0.05, 0) is 70.5 Å². The van der Waals surface area contributed by atoms with Gasteiger partial charge in [0, 0.05) is 12.0 Å². The number of carbonyl (C=O) groups is 1. The molecule has 4 nitrogen and oxygen atoms in total. The molecule has 0 unspecified atom stereocenters. The van der Waals surface area contributed by atoms with Crippen molar-refractivity contribution < 1.29 is 23.8 Å². The third-order valence-corrected chi connectivity index (χ3v) is 5.31. The molecule has 0 aliphatic rings. The molecular formula is C29H35FO4. The zero-order valence-corrected chi connectivity index (χ0v) is 20.9. The monoisotopic (exact) mass is 466 g/mol. The maximum atomic E-state index is 14.8. The summed E-state index contributed by atoms with van der Waals surface area (Å²) < 4.78 is 26.0. The topological polar surface area (TPSA) is 55.8 Å². The second-order valence-electron chi connectivity index (χ2n) is 8.80. The van der Waals surface area contributed by atoms with Crippen LogP contribution in [0.4, 0.5) is 4.39 Å². The Morgan fingerprint density at radius 3 is 2.09 bits per heavy atom. The number of carboxylic acid groups (broad SMARTS) is 1. The van der Waals surface area contributed by atoms with Crippen LogP contribution >= 0.6 is 0 Å². The van der Waals surface area contributed by atoms with Crippen molar-refractivity contribution in [2.45, 2.75) is 59.5 Å². The van der Waals surface area contributed by atoms with E-state index in [0.717, 1.165) is 22.3 Å². The average Bonchev–Trinajstić information content (AvgIpc) is 2.83. The quantitative estimate of drug-likeness (QED) is 0.375. The Bertz CT molecular complexity index is 1080. The summed E-state index contributed by atoms with van der Waals surface area (Å²) in [5.74, 6) is 0.183. The van der Waals surface area contributed by atoms with Gasteiger partial charge in [-0.3, -0.25) is 4.79 Å². The van der Waals surface area contributed by atoms with Crippen molar-refractivity contribution in [3.8, 4) is 22.6 Å². The van der Waals surface area contributed by atoms with E-state index in [-0.39, 0.29) is 17.7 Å².